The van der Waals surface area contributed by atoms with Gasteiger partial charge in [-0.1, -0.05) is 91.6 Å². The van der Waals surface area contributed by atoms with Gasteiger partial charge < -0.3 is 4.98 Å². The van der Waals surface area contributed by atoms with Crippen molar-refractivity contribution in [2.75, 3.05) is 0 Å². The lowest BCUT2D eigenvalue weighted by Crippen LogP contribution is -2.07. The Morgan fingerprint density at radius 3 is 2.26 bits per heavy atom. The van der Waals surface area contributed by atoms with Crippen LogP contribution in [-0.4, -0.2) is 4.98 Å². The van der Waals surface area contributed by atoms with Crippen molar-refractivity contribution >= 4 is 55.9 Å². The molecule has 4 aromatic carbocycles. The molecule has 2 aliphatic carbocycles. The molecular formula is C37H31N. The third kappa shape index (κ3) is 3.46. The molecule has 2 aliphatic rings. The van der Waals surface area contributed by atoms with Gasteiger partial charge in [0.2, 0.25) is 0 Å². The minimum absolute atomic E-state index is 1.13. The van der Waals surface area contributed by atoms with Crippen LogP contribution in [0.25, 0.3) is 55.9 Å². The number of rotatable bonds is 4. The molecule has 1 aromatic heterocycles. The van der Waals surface area contributed by atoms with E-state index < -0.39 is 0 Å². The molecule has 1 nitrogen and oxygen atoms in total. The number of H-pyrrole nitrogens is 1. The first-order valence-corrected chi connectivity index (χ1v) is 13.7. The summed E-state index contributed by atoms with van der Waals surface area (Å²) >= 11 is 0. The van der Waals surface area contributed by atoms with Gasteiger partial charge in [0.15, 0.2) is 0 Å². The number of nitrogens with one attached hydrogen (secondary N) is 1. The van der Waals surface area contributed by atoms with Crippen molar-refractivity contribution in [3.8, 4) is 0 Å². The Kier molecular flexibility index (Phi) is 5.51. The zero-order valence-corrected chi connectivity index (χ0v) is 21.9. The first kappa shape index (κ1) is 22.8. The largest absolute Gasteiger partial charge is 0.354 e. The Bertz CT molecular complexity index is 1880. The number of aromatic nitrogens is 1. The zero-order chi connectivity index (χ0) is 25.6. The summed E-state index contributed by atoms with van der Waals surface area (Å²) in [5.74, 6) is 0. The molecule has 1 N–H and O–H groups in total. The number of fused-ring (bicyclic) bond motifs is 9. The fourth-order valence-electron chi connectivity index (χ4n) is 6.68. The number of para-hydroxylation sites is 1. The maximum atomic E-state index is 4.09. The minimum atomic E-state index is 1.13. The summed E-state index contributed by atoms with van der Waals surface area (Å²) in [6.45, 7) is 6.24. The average molecular weight is 490 g/mol. The van der Waals surface area contributed by atoms with Crippen LogP contribution in [0.5, 0.6) is 0 Å². The van der Waals surface area contributed by atoms with E-state index in [9.17, 15) is 0 Å². The predicted octanol–water partition coefficient (Wildman–Crippen LogP) is 10.1. The highest BCUT2D eigenvalue weighted by Gasteiger charge is 2.21. The van der Waals surface area contributed by atoms with Crippen LogP contribution in [-0.2, 0) is 12.8 Å². The van der Waals surface area contributed by atoms with Crippen LogP contribution in [0.1, 0.15) is 53.1 Å². The summed E-state index contributed by atoms with van der Waals surface area (Å²) in [7, 11) is 0. The number of aromatic amines is 1. The number of hydrogen-bond acceptors (Lipinski definition) is 0. The highest BCUT2D eigenvalue weighted by Crippen LogP contribution is 2.42. The van der Waals surface area contributed by atoms with Gasteiger partial charge in [-0.05, 0) is 106 Å². The van der Waals surface area contributed by atoms with Crippen molar-refractivity contribution < 1.29 is 0 Å². The molecule has 0 spiro atoms. The summed E-state index contributed by atoms with van der Waals surface area (Å²) in [6.07, 6.45) is 20.3. The Hall–Kier alpha value is -4.36. The van der Waals surface area contributed by atoms with Gasteiger partial charge in [-0.3, -0.25) is 0 Å². The Balaban J connectivity index is 1.46. The highest BCUT2D eigenvalue weighted by atomic mass is 14.7. The predicted molar refractivity (Wildman–Crippen MR) is 166 cm³/mol. The topological polar surface area (TPSA) is 15.8 Å². The van der Waals surface area contributed by atoms with Gasteiger partial charge in [0.1, 0.15) is 0 Å². The van der Waals surface area contributed by atoms with Crippen molar-refractivity contribution in [3.63, 3.8) is 0 Å². The van der Waals surface area contributed by atoms with Crippen LogP contribution < -0.4 is 0 Å². The van der Waals surface area contributed by atoms with E-state index in [-0.39, 0.29) is 0 Å². The standard InChI is InChI=1S/C37H31N/c1-3-12-26(32-18-11-20-36-37(32)33-17-9-10-19-35(33)38-36)25(4-2)24-21-22-31-29-15-6-5-13-27(29)28-14-7-8-16-30(28)34(31)23-24/h3-4,6,8-12,15-23,38H,1,5,7,13-14H2,2H3/b25-4-,26-12+. The maximum absolute atomic E-state index is 4.09. The monoisotopic (exact) mass is 489 g/mol. The van der Waals surface area contributed by atoms with E-state index in [1.807, 2.05) is 6.08 Å². The molecule has 0 saturated heterocycles. The normalized spacial score (nSPS) is 15.3. The smallest absolute Gasteiger partial charge is 0.0471 e. The van der Waals surface area contributed by atoms with Gasteiger partial charge in [-0.15, -0.1) is 0 Å². The molecule has 0 radical (unpaired) electrons. The molecule has 0 saturated carbocycles. The molecule has 1 heteroatoms. The first-order valence-electron chi connectivity index (χ1n) is 13.7. The van der Waals surface area contributed by atoms with E-state index in [0.717, 1.165) is 36.7 Å². The average Bonchev–Trinajstić information content (AvgIpc) is 3.36. The van der Waals surface area contributed by atoms with Crippen LogP contribution in [0.3, 0.4) is 0 Å². The SMILES string of the molecule is C=C/C=C(\C(=C/C)c1ccc2c3c(c4c(c2c1)C=CCC4)CCC=C3)c1cccc2[nH]c3ccccc3c12. The van der Waals surface area contributed by atoms with Crippen LogP contribution in [0.4, 0.5) is 0 Å². The quantitative estimate of drug-likeness (QED) is 0.242. The van der Waals surface area contributed by atoms with E-state index in [1.54, 1.807) is 11.1 Å². The number of allylic oxidation sites excluding steroid dienone is 7. The summed E-state index contributed by atoms with van der Waals surface area (Å²) < 4.78 is 0. The molecule has 0 aliphatic heterocycles. The van der Waals surface area contributed by atoms with Crippen LogP contribution in [0.15, 0.2) is 97.6 Å². The van der Waals surface area contributed by atoms with E-state index in [1.165, 1.54) is 54.9 Å². The lowest BCUT2D eigenvalue weighted by atomic mass is 9.80. The second-order valence-electron chi connectivity index (χ2n) is 10.3. The zero-order valence-electron chi connectivity index (χ0n) is 21.9. The summed E-state index contributed by atoms with van der Waals surface area (Å²) in [5, 5.41) is 5.24. The van der Waals surface area contributed by atoms with Crippen LogP contribution in [0, 0.1) is 0 Å². The van der Waals surface area contributed by atoms with Gasteiger partial charge in [0.25, 0.3) is 0 Å². The van der Waals surface area contributed by atoms with Crippen molar-refractivity contribution in [2.45, 2.75) is 32.6 Å². The first-order chi connectivity index (χ1) is 18.8. The van der Waals surface area contributed by atoms with E-state index in [4.69, 9.17) is 0 Å². The fraction of sp³-hybridized carbons (Fsp3) is 0.135. The van der Waals surface area contributed by atoms with E-state index in [2.05, 4.69) is 116 Å². The molecule has 38 heavy (non-hydrogen) atoms. The molecule has 1 heterocycles. The van der Waals surface area contributed by atoms with Crippen LogP contribution >= 0.6 is 0 Å². The maximum Gasteiger partial charge on any atom is 0.0471 e. The second-order valence-corrected chi connectivity index (χ2v) is 10.3. The van der Waals surface area contributed by atoms with Crippen molar-refractivity contribution in [3.05, 3.63) is 131 Å². The highest BCUT2D eigenvalue weighted by molar-refractivity contribution is 6.18. The van der Waals surface area contributed by atoms with E-state index >= 15 is 0 Å². The summed E-state index contributed by atoms with van der Waals surface area (Å²) in [4.78, 5) is 3.61. The Morgan fingerprint density at radius 2 is 1.50 bits per heavy atom. The van der Waals surface area contributed by atoms with Gasteiger partial charge >= 0.3 is 0 Å². The molecule has 7 rings (SSSR count). The van der Waals surface area contributed by atoms with Crippen molar-refractivity contribution in [1.82, 2.24) is 4.98 Å². The lowest BCUT2D eigenvalue weighted by Gasteiger charge is -2.24. The molecule has 184 valence electrons. The molecule has 0 unspecified atom stereocenters. The Morgan fingerprint density at radius 1 is 0.763 bits per heavy atom. The van der Waals surface area contributed by atoms with Crippen LogP contribution in [0.2, 0.25) is 0 Å². The minimum Gasteiger partial charge on any atom is -0.354 e. The number of hydrogen-bond donors (Lipinski definition) is 1. The molecule has 0 amide bonds. The molecule has 0 bridgehead atoms. The number of benzene rings is 4. The summed E-state index contributed by atoms with van der Waals surface area (Å²) in [6, 6.07) is 22.2. The Labute approximate surface area is 224 Å². The van der Waals surface area contributed by atoms with Gasteiger partial charge in [-0.25, -0.2) is 0 Å². The summed E-state index contributed by atoms with van der Waals surface area (Å²) in [5.41, 5.74) is 13.2. The van der Waals surface area contributed by atoms with Crippen molar-refractivity contribution in [2.24, 2.45) is 0 Å². The molecule has 0 fully saturated rings. The molecule has 0 atom stereocenters. The fourth-order valence-corrected chi connectivity index (χ4v) is 6.68. The van der Waals surface area contributed by atoms with Crippen molar-refractivity contribution in [1.29, 1.82) is 0 Å². The van der Waals surface area contributed by atoms with Gasteiger partial charge in [-0.2, -0.15) is 0 Å². The molecular weight excluding hydrogens is 458 g/mol. The lowest BCUT2D eigenvalue weighted by molar-refractivity contribution is 0.911. The molecule has 5 aromatic rings. The second kappa shape index (κ2) is 9.19. The van der Waals surface area contributed by atoms with E-state index in [0.29, 0.717) is 0 Å². The van der Waals surface area contributed by atoms with Gasteiger partial charge in [0, 0.05) is 21.8 Å². The third-order valence-corrected chi connectivity index (χ3v) is 8.30. The third-order valence-electron chi connectivity index (χ3n) is 8.30. The van der Waals surface area contributed by atoms with Gasteiger partial charge in [0.05, 0.1) is 0 Å².